The summed E-state index contributed by atoms with van der Waals surface area (Å²) in [6.45, 7) is 2.60. The first-order chi connectivity index (χ1) is 8.24. The molecule has 0 N–H and O–H groups in total. The van der Waals surface area contributed by atoms with E-state index in [1.54, 1.807) is 0 Å². The van der Waals surface area contributed by atoms with Gasteiger partial charge in [-0.2, -0.15) is 0 Å². The average Bonchev–Trinajstić information content (AvgIpc) is 2.47. The summed E-state index contributed by atoms with van der Waals surface area (Å²) < 4.78 is 9.64. The molecule has 1 saturated heterocycles. The number of imide groups is 1. The number of ether oxygens (including phenoxy) is 1. The zero-order valence-corrected chi connectivity index (χ0v) is 11.9. The Kier molecular flexibility index (Phi) is 4.44. The van der Waals surface area contributed by atoms with E-state index in [1.807, 2.05) is 13.0 Å². The summed E-state index contributed by atoms with van der Waals surface area (Å²) >= 11 is -0.116. The minimum atomic E-state index is -0.285. The molecule has 2 aliphatic rings. The monoisotopic (exact) mass is 349 g/mol. The lowest BCUT2D eigenvalue weighted by Gasteiger charge is -2.23. The van der Waals surface area contributed by atoms with Crippen molar-refractivity contribution in [1.82, 2.24) is 4.90 Å². The highest BCUT2D eigenvalue weighted by molar-refractivity contribution is 14.2. The fourth-order valence-corrected chi connectivity index (χ4v) is 3.88. The number of hydrogen-bond acceptors (Lipinski definition) is 3. The minimum Gasteiger partial charge on any atom is -0.363 e. The number of rotatable bonds is 3. The summed E-state index contributed by atoms with van der Waals surface area (Å²) in [6.07, 6.45) is 3.56. The molecule has 0 bridgehead atoms. The molecule has 17 heavy (non-hydrogen) atoms. The van der Waals surface area contributed by atoms with Crippen LogP contribution >= 0.6 is 20.7 Å². The summed E-state index contributed by atoms with van der Waals surface area (Å²) in [5, 5.41) is 0. The van der Waals surface area contributed by atoms with Crippen molar-refractivity contribution in [3.05, 3.63) is 10.2 Å². The lowest BCUT2D eigenvalue weighted by molar-refractivity contribution is -0.145. The molecule has 0 saturated carbocycles. The summed E-state index contributed by atoms with van der Waals surface area (Å²) in [5.74, 6) is -0.577. The van der Waals surface area contributed by atoms with Gasteiger partial charge >= 0.3 is 0 Å². The molecule has 0 aromatic heterocycles. The fraction of sp³-hybridized carbons (Fsp3) is 0.583. The van der Waals surface area contributed by atoms with Gasteiger partial charge in [-0.3, -0.25) is 14.5 Å². The number of carbonyl (C=O) groups excluding carboxylic acids is 2. The Morgan fingerprint density at radius 2 is 2.35 bits per heavy atom. The Labute approximate surface area is 111 Å². The molecule has 1 unspecified atom stereocenters. The number of halogens is 1. The number of carbonyl (C=O) groups is 2. The first-order valence-corrected chi connectivity index (χ1v) is 8.31. The molecule has 0 radical (unpaired) electrons. The largest absolute Gasteiger partial charge is 0.363 e. The van der Waals surface area contributed by atoms with Crippen molar-refractivity contribution in [2.45, 2.75) is 25.9 Å². The van der Waals surface area contributed by atoms with Crippen LogP contribution in [0.2, 0.25) is 0 Å². The fourth-order valence-electron chi connectivity index (χ4n) is 1.88. The summed E-state index contributed by atoms with van der Waals surface area (Å²) in [5.41, 5.74) is 0. The SMILES string of the molecule is CCCCN1C(=O)CO[C@@H]2C=IC=CC2C1=O. The van der Waals surface area contributed by atoms with Crippen LogP contribution in [0.5, 0.6) is 0 Å². The maximum Gasteiger partial charge on any atom is 0.255 e. The number of nitrogens with zero attached hydrogens (tertiary/aromatic N) is 1. The normalized spacial score (nSPS) is 28.6. The van der Waals surface area contributed by atoms with E-state index in [-0.39, 0.29) is 51.2 Å². The van der Waals surface area contributed by atoms with Gasteiger partial charge in [0.25, 0.3) is 5.91 Å². The number of fused-ring (bicyclic) bond motifs is 1. The molecular formula is C12H16INO3. The van der Waals surface area contributed by atoms with E-state index in [0.717, 1.165) is 12.8 Å². The van der Waals surface area contributed by atoms with Crippen LogP contribution in [0.3, 0.4) is 0 Å². The van der Waals surface area contributed by atoms with Crippen LogP contribution < -0.4 is 0 Å². The second-order valence-electron chi connectivity index (χ2n) is 4.11. The van der Waals surface area contributed by atoms with Crippen LogP contribution in [0, 0.1) is 5.92 Å². The summed E-state index contributed by atoms with van der Waals surface area (Å²) in [7, 11) is 0. The first kappa shape index (κ1) is 12.9. The highest BCUT2D eigenvalue weighted by atomic mass is 127. The Hall–Kier alpha value is -0.560. The lowest BCUT2D eigenvalue weighted by Crippen LogP contribution is -2.42. The quantitative estimate of drug-likeness (QED) is 0.573. The Bertz CT molecular complexity index is 378. The van der Waals surface area contributed by atoms with Gasteiger partial charge in [0, 0.05) is 6.54 Å². The van der Waals surface area contributed by atoms with Crippen LogP contribution in [0.4, 0.5) is 0 Å². The molecule has 0 aliphatic carbocycles. The molecular weight excluding hydrogens is 333 g/mol. The van der Waals surface area contributed by atoms with Gasteiger partial charge in [-0.05, 0) is 14.5 Å². The molecule has 94 valence electrons. The number of unbranched alkanes of at least 4 members (excludes halogenated alkanes) is 1. The van der Waals surface area contributed by atoms with Crippen LogP contribution in [0.1, 0.15) is 19.8 Å². The van der Waals surface area contributed by atoms with Crippen molar-refractivity contribution in [2.24, 2.45) is 5.92 Å². The zero-order chi connectivity index (χ0) is 12.3. The van der Waals surface area contributed by atoms with Gasteiger partial charge in [0.2, 0.25) is 5.91 Å². The predicted octanol–water partition coefficient (Wildman–Crippen LogP) is 1.46. The molecule has 2 amide bonds. The molecule has 1 fully saturated rings. The van der Waals surface area contributed by atoms with Crippen molar-refractivity contribution < 1.29 is 14.3 Å². The molecule has 0 spiro atoms. The molecule has 4 nitrogen and oxygen atoms in total. The van der Waals surface area contributed by atoms with Gasteiger partial charge in [-0.25, -0.2) is 0 Å². The number of hydrogen-bond donors (Lipinski definition) is 0. The highest BCUT2D eigenvalue weighted by Gasteiger charge is 2.36. The second kappa shape index (κ2) is 5.86. The van der Waals surface area contributed by atoms with Gasteiger partial charge in [-0.1, -0.05) is 40.2 Å². The molecule has 5 heteroatoms. The van der Waals surface area contributed by atoms with E-state index in [2.05, 4.69) is 8.09 Å². The van der Waals surface area contributed by atoms with E-state index >= 15 is 0 Å². The highest BCUT2D eigenvalue weighted by Crippen LogP contribution is 2.23. The van der Waals surface area contributed by atoms with Crippen LogP contribution in [0.15, 0.2) is 10.2 Å². The van der Waals surface area contributed by atoms with Crippen molar-refractivity contribution in [2.75, 3.05) is 13.2 Å². The van der Waals surface area contributed by atoms with Gasteiger partial charge in [0.15, 0.2) is 0 Å². The summed E-state index contributed by atoms with van der Waals surface area (Å²) in [4.78, 5) is 25.5. The average molecular weight is 349 g/mol. The van der Waals surface area contributed by atoms with Crippen LogP contribution in [-0.4, -0.2) is 40.0 Å². The third kappa shape index (κ3) is 2.82. The maximum atomic E-state index is 12.3. The topological polar surface area (TPSA) is 46.6 Å². The third-order valence-corrected chi connectivity index (χ3v) is 4.84. The molecule has 0 aromatic rings. The first-order valence-electron chi connectivity index (χ1n) is 5.82. The van der Waals surface area contributed by atoms with Crippen molar-refractivity contribution in [3.63, 3.8) is 0 Å². The van der Waals surface area contributed by atoms with Crippen LogP contribution in [0.25, 0.3) is 0 Å². The zero-order valence-electron chi connectivity index (χ0n) is 9.77. The second-order valence-corrected chi connectivity index (χ2v) is 6.27. The predicted molar refractivity (Wildman–Crippen MR) is 74.1 cm³/mol. The molecule has 2 heterocycles. The van der Waals surface area contributed by atoms with Crippen molar-refractivity contribution in [3.8, 4) is 0 Å². The minimum absolute atomic E-state index is 0.0324. The molecule has 0 aromatic carbocycles. The van der Waals surface area contributed by atoms with Gasteiger partial charge < -0.3 is 4.74 Å². The smallest absolute Gasteiger partial charge is 0.255 e. The van der Waals surface area contributed by atoms with E-state index in [0.29, 0.717) is 6.54 Å². The van der Waals surface area contributed by atoms with Crippen LogP contribution in [-0.2, 0) is 14.3 Å². The lowest BCUT2D eigenvalue weighted by atomic mass is 10.0. The van der Waals surface area contributed by atoms with Crippen molar-refractivity contribution in [1.29, 1.82) is 0 Å². The summed E-state index contributed by atoms with van der Waals surface area (Å²) in [6, 6.07) is 0. The van der Waals surface area contributed by atoms with Crippen molar-refractivity contribution >= 4 is 36.6 Å². The van der Waals surface area contributed by atoms with Gasteiger partial charge in [0.1, 0.15) is 6.61 Å². The Morgan fingerprint density at radius 1 is 1.53 bits per heavy atom. The van der Waals surface area contributed by atoms with E-state index in [9.17, 15) is 9.59 Å². The van der Waals surface area contributed by atoms with Gasteiger partial charge in [-0.15, -0.1) is 0 Å². The van der Waals surface area contributed by atoms with E-state index in [1.165, 1.54) is 4.90 Å². The van der Waals surface area contributed by atoms with E-state index < -0.39 is 0 Å². The molecule has 2 rings (SSSR count). The maximum absolute atomic E-state index is 12.3. The van der Waals surface area contributed by atoms with Gasteiger partial charge in [0.05, 0.1) is 12.0 Å². The molecule has 2 aliphatic heterocycles. The molecule has 2 atom stereocenters. The Balaban J connectivity index is 2.16. The Morgan fingerprint density at radius 3 is 3.12 bits per heavy atom. The van der Waals surface area contributed by atoms with E-state index in [4.69, 9.17) is 4.74 Å². The standard InChI is InChI=1S/C12H16INO3/c1-2-3-6-14-11(15)8-17-10-7-13-5-4-9(10)12(14)16/h4-5,7,9-10H,2-3,6,8H2,1H3/t9?,10-/m1/s1. The third-order valence-electron chi connectivity index (χ3n) is 2.89. The number of amides is 2.